The van der Waals surface area contributed by atoms with Crippen LogP contribution in [0.4, 0.5) is 0 Å². The molecular weight excluding hydrogens is 224 g/mol. The van der Waals surface area contributed by atoms with Crippen molar-refractivity contribution in [2.24, 2.45) is 0 Å². The normalized spacial score (nSPS) is 10.7. The van der Waals surface area contributed by atoms with Gasteiger partial charge < -0.3 is 4.74 Å². The van der Waals surface area contributed by atoms with Crippen LogP contribution in [0, 0.1) is 12.3 Å². The van der Waals surface area contributed by atoms with E-state index in [-0.39, 0.29) is 5.97 Å². The van der Waals surface area contributed by atoms with Gasteiger partial charge in [0.1, 0.15) is 0 Å². The van der Waals surface area contributed by atoms with Crippen molar-refractivity contribution in [2.75, 3.05) is 0 Å². The second-order valence-corrected chi connectivity index (χ2v) is 5.08. The van der Waals surface area contributed by atoms with Crippen LogP contribution >= 0.6 is 0 Å². The lowest BCUT2D eigenvalue weighted by Gasteiger charge is -2.18. The maximum atomic E-state index is 11.5. The van der Waals surface area contributed by atoms with E-state index < -0.39 is 5.60 Å². The van der Waals surface area contributed by atoms with E-state index in [1.165, 1.54) is 25.7 Å². The number of unbranched alkanes of at least 4 members (excludes halogenated alkanes) is 6. The van der Waals surface area contributed by atoms with Gasteiger partial charge in [0.15, 0.2) is 5.60 Å². The second kappa shape index (κ2) is 9.76. The SMILES string of the molecule is C#CC(C)(C)OC(=O)CCCCCCCCC=C. The number of ether oxygens (including phenoxy) is 1. The Hall–Kier alpha value is -1.23. The van der Waals surface area contributed by atoms with E-state index in [1.54, 1.807) is 13.8 Å². The fourth-order valence-electron chi connectivity index (χ4n) is 1.63. The number of carbonyl (C=O) groups is 1. The van der Waals surface area contributed by atoms with Crippen LogP contribution in [0.5, 0.6) is 0 Å². The smallest absolute Gasteiger partial charge is 0.307 e. The van der Waals surface area contributed by atoms with Gasteiger partial charge in [0, 0.05) is 6.42 Å². The Morgan fingerprint density at radius 3 is 2.33 bits per heavy atom. The zero-order valence-electron chi connectivity index (χ0n) is 11.8. The monoisotopic (exact) mass is 250 g/mol. The second-order valence-electron chi connectivity index (χ2n) is 5.08. The Labute approximate surface area is 112 Å². The summed E-state index contributed by atoms with van der Waals surface area (Å²) < 4.78 is 5.16. The lowest BCUT2D eigenvalue weighted by atomic mass is 10.1. The fourth-order valence-corrected chi connectivity index (χ4v) is 1.63. The topological polar surface area (TPSA) is 26.3 Å². The quantitative estimate of drug-likeness (QED) is 0.251. The maximum Gasteiger partial charge on any atom is 0.307 e. The molecule has 0 aliphatic rings. The van der Waals surface area contributed by atoms with E-state index >= 15 is 0 Å². The van der Waals surface area contributed by atoms with Crippen molar-refractivity contribution in [2.45, 2.75) is 70.8 Å². The largest absolute Gasteiger partial charge is 0.446 e. The molecule has 0 N–H and O–H groups in total. The summed E-state index contributed by atoms with van der Waals surface area (Å²) in [6, 6.07) is 0. The van der Waals surface area contributed by atoms with Gasteiger partial charge in [-0.05, 0) is 33.1 Å². The van der Waals surface area contributed by atoms with E-state index in [2.05, 4.69) is 12.5 Å². The van der Waals surface area contributed by atoms with Crippen LogP contribution < -0.4 is 0 Å². The predicted octanol–water partition coefficient (Wildman–Crippen LogP) is 4.25. The van der Waals surface area contributed by atoms with Crippen LogP contribution in [0.2, 0.25) is 0 Å². The zero-order valence-corrected chi connectivity index (χ0v) is 11.8. The first-order valence-corrected chi connectivity index (χ1v) is 6.82. The molecule has 0 bridgehead atoms. The molecule has 0 aromatic carbocycles. The van der Waals surface area contributed by atoms with Gasteiger partial charge in [0.25, 0.3) is 0 Å². The van der Waals surface area contributed by atoms with E-state index in [0.717, 1.165) is 19.3 Å². The third-order valence-electron chi connectivity index (χ3n) is 2.76. The van der Waals surface area contributed by atoms with Crippen molar-refractivity contribution >= 4 is 5.97 Å². The van der Waals surface area contributed by atoms with Crippen molar-refractivity contribution in [3.05, 3.63) is 12.7 Å². The minimum Gasteiger partial charge on any atom is -0.446 e. The fraction of sp³-hybridized carbons (Fsp3) is 0.688. The van der Waals surface area contributed by atoms with E-state index in [0.29, 0.717) is 6.42 Å². The Morgan fingerprint density at radius 1 is 1.22 bits per heavy atom. The number of allylic oxidation sites excluding steroid dienone is 1. The molecule has 0 aromatic rings. The number of terminal acetylenes is 1. The molecule has 2 nitrogen and oxygen atoms in total. The molecule has 0 aromatic heterocycles. The van der Waals surface area contributed by atoms with Crippen molar-refractivity contribution in [1.82, 2.24) is 0 Å². The van der Waals surface area contributed by atoms with Crippen LogP contribution in [-0.2, 0) is 9.53 Å². The minimum absolute atomic E-state index is 0.190. The van der Waals surface area contributed by atoms with E-state index in [9.17, 15) is 4.79 Å². The lowest BCUT2D eigenvalue weighted by Crippen LogP contribution is -2.25. The molecule has 0 aliphatic heterocycles. The number of hydrogen-bond acceptors (Lipinski definition) is 2. The number of rotatable bonds is 10. The first-order chi connectivity index (χ1) is 8.52. The molecule has 0 unspecified atom stereocenters. The molecule has 0 spiro atoms. The summed E-state index contributed by atoms with van der Waals surface area (Å²) in [5, 5.41) is 0. The van der Waals surface area contributed by atoms with Crippen molar-refractivity contribution < 1.29 is 9.53 Å². The summed E-state index contributed by atoms with van der Waals surface area (Å²) in [5.74, 6) is 2.26. The Kier molecular flexibility index (Phi) is 9.10. The summed E-state index contributed by atoms with van der Waals surface area (Å²) in [6.45, 7) is 7.15. The van der Waals surface area contributed by atoms with Gasteiger partial charge in [-0.3, -0.25) is 4.79 Å². The van der Waals surface area contributed by atoms with Gasteiger partial charge in [0.2, 0.25) is 0 Å². The first-order valence-electron chi connectivity index (χ1n) is 6.82. The number of carbonyl (C=O) groups excluding carboxylic acids is 1. The Morgan fingerprint density at radius 2 is 1.78 bits per heavy atom. The molecule has 18 heavy (non-hydrogen) atoms. The molecule has 2 heteroatoms. The molecule has 102 valence electrons. The predicted molar refractivity (Wildman–Crippen MR) is 76.1 cm³/mol. The highest BCUT2D eigenvalue weighted by Gasteiger charge is 2.18. The maximum absolute atomic E-state index is 11.5. The highest BCUT2D eigenvalue weighted by Crippen LogP contribution is 2.12. The van der Waals surface area contributed by atoms with Crippen molar-refractivity contribution in [3.8, 4) is 12.3 Å². The van der Waals surface area contributed by atoms with Gasteiger partial charge in [-0.15, -0.1) is 13.0 Å². The van der Waals surface area contributed by atoms with Gasteiger partial charge in [0.05, 0.1) is 0 Å². The van der Waals surface area contributed by atoms with Crippen LogP contribution in [0.15, 0.2) is 12.7 Å². The summed E-state index contributed by atoms with van der Waals surface area (Å²) in [6.07, 6.45) is 15.7. The number of esters is 1. The highest BCUT2D eigenvalue weighted by atomic mass is 16.6. The van der Waals surface area contributed by atoms with Gasteiger partial charge >= 0.3 is 5.97 Å². The molecule has 0 saturated heterocycles. The summed E-state index contributed by atoms with van der Waals surface area (Å²) >= 11 is 0. The summed E-state index contributed by atoms with van der Waals surface area (Å²) in [5.41, 5.74) is -0.776. The zero-order chi connectivity index (χ0) is 13.9. The van der Waals surface area contributed by atoms with Crippen LogP contribution in [0.25, 0.3) is 0 Å². The Balaban J connectivity index is 3.42. The summed E-state index contributed by atoms with van der Waals surface area (Å²) in [4.78, 5) is 11.5. The molecule has 0 fully saturated rings. The first kappa shape index (κ1) is 16.8. The van der Waals surface area contributed by atoms with Gasteiger partial charge in [-0.2, -0.15) is 0 Å². The minimum atomic E-state index is -0.776. The van der Waals surface area contributed by atoms with E-state index in [4.69, 9.17) is 11.2 Å². The van der Waals surface area contributed by atoms with Crippen LogP contribution in [0.1, 0.15) is 65.2 Å². The molecule has 0 aliphatic carbocycles. The highest BCUT2D eigenvalue weighted by molar-refractivity contribution is 5.70. The van der Waals surface area contributed by atoms with Gasteiger partial charge in [-0.1, -0.05) is 37.7 Å². The van der Waals surface area contributed by atoms with Gasteiger partial charge in [-0.25, -0.2) is 0 Å². The molecule has 0 atom stereocenters. The van der Waals surface area contributed by atoms with Crippen LogP contribution in [0.3, 0.4) is 0 Å². The Bertz CT molecular complexity index is 284. The average Bonchev–Trinajstić information content (AvgIpc) is 2.32. The number of hydrogen-bond donors (Lipinski definition) is 0. The third kappa shape index (κ3) is 9.96. The standard InChI is InChI=1S/C16H26O2/c1-5-7-8-9-10-11-12-13-14-15(17)18-16(3,4)6-2/h2,5H,1,7-14H2,3-4H3. The average molecular weight is 250 g/mol. The molecule has 0 amide bonds. The van der Waals surface area contributed by atoms with E-state index in [1.807, 2.05) is 6.08 Å². The molecular formula is C16H26O2. The molecule has 0 saturated carbocycles. The summed E-state index contributed by atoms with van der Waals surface area (Å²) in [7, 11) is 0. The third-order valence-corrected chi connectivity index (χ3v) is 2.76. The lowest BCUT2D eigenvalue weighted by molar-refractivity contribution is -0.151. The van der Waals surface area contributed by atoms with Crippen LogP contribution in [-0.4, -0.2) is 11.6 Å². The van der Waals surface area contributed by atoms with Crippen molar-refractivity contribution in [1.29, 1.82) is 0 Å². The molecule has 0 radical (unpaired) electrons. The molecule has 0 rings (SSSR count). The van der Waals surface area contributed by atoms with Crippen molar-refractivity contribution in [3.63, 3.8) is 0 Å². The molecule has 0 heterocycles.